The Morgan fingerprint density at radius 2 is 1.69 bits per heavy atom. The van der Waals surface area contributed by atoms with Crippen molar-refractivity contribution in [2.45, 2.75) is 26.2 Å². The SMILES string of the molecule is CC1(C)OC(=O)C(CNc2cccc(OCc3ccccc3)c2)C(=O)O1. The topological polar surface area (TPSA) is 73.9 Å². The van der Waals surface area contributed by atoms with Gasteiger partial charge in [-0.15, -0.1) is 0 Å². The van der Waals surface area contributed by atoms with E-state index in [2.05, 4.69) is 5.32 Å². The summed E-state index contributed by atoms with van der Waals surface area (Å²) in [6.45, 7) is 3.61. The van der Waals surface area contributed by atoms with Gasteiger partial charge in [-0.05, 0) is 17.7 Å². The van der Waals surface area contributed by atoms with Gasteiger partial charge in [0.05, 0.1) is 0 Å². The minimum atomic E-state index is -1.21. The van der Waals surface area contributed by atoms with Gasteiger partial charge in [0.2, 0.25) is 0 Å². The second kappa shape index (κ2) is 7.47. The summed E-state index contributed by atoms with van der Waals surface area (Å²) >= 11 is 0. The highest BCUT2D eigenvalue weighted by Gasteiger charge is 2.42. The first kappa shape index (κ1) is 17.8. The molecule has 1 heterocycles. The van der Waals surface area contributed by atoms with E-state index >= 15 is 0 Å². The third-order valence-corrected chi connectivity index (χ3v) is 3.85. The number of carbonyl (C=O) groups is 2. The average Bonchev–Trinajstić information content (AvgIpc) is 2.59. The van der Waals surface area contributed by atoms with E-state index in [1.54, 1.807) is 0 Å². The Balaban J connectivity index is 1.57. The molecule has 1 fully saturated rings. The molecule has 6 heteroatoms. The predicted molar refractivity (Wildman–Crippen MR) is 95.5 cm³/mol. The van der Waals surface area contributed by atoms with Crippen LogP contribution in [0, 0.1) is 5.92 Å². The van der Waals surface area contributed by atoms with Crippen molar-refractivity contribution in [1.29, 1.82) is 0 Å². The molecule has 0 amide bonds. The lowest BCUT2D eigenvalue weighted by molar-refractivity contribution is -0.239. The first-order valence-corrected chi connectivity index (χ1v) is 8.39. The number of hydrogen-bond acceptors (Lipinski definition) is 6. The summed E-state index contributed by atoms with van der Waals surface area (Å²) in [5.74, 6) is -2.69. The lowest BCUT2D eigenvalue weighted by Crippen LogP contribution is -2.48. The maximum atomic E-state index is 12.0. The van der Waals surface area contributed by atoms with Gasteiger partial charge in [0.15, 0.2) is 5.92 Å². The van der Waals surface area contributed by atoms with Gasteiger partial charge < -0.3 is 19.5 Å². The molecule has 0 atom stereocenters. The molecule has 2 aromatic rings. The van der Waals surface area contributed by atoms with E-state index in [1.165, 1.54) is 13.8 Å². The van der Waals surface area contributed by atoms with Gasteiger partial charge in [-0.25, -0.2) is 0 Å². The van der Waals surface area contributed by atoms with Crippen LogP contribution in [0.3, 0.4) is 0 Å². The molecule has 3 rings (SSSR count). The largest absolute Gasteiger partial charge is 0.489 e. The first-order valence-electron chi connectivity index (χ1n) is 8.39. The molecule has 1 aliphatic rings. The van der Waals surface area contributed by atoms with Gasteiger partial charge in [-0.2, -0.15) is 0 Å². The van der Waals surface area contributed by atoms with Crippen LogP contribution in [-0.4, -0.2) is 24.3 Å². The molecule has 1 saturated heterocycles. The summed E-state index contributed by atoms with van der Waals surface area (Å²) in [5, 5.41) is 3.06. The number of cyclic esters (lactones) is 2. The molecule has 1 N–H and O–H groups in total. The third kappa shape index (κ3) is 4.53. The van der Waals surface area contributed by atoms with Crippen LogP contribution in [0.15, 0.2) is 54.6 Å². The zero-order valence-corrected chi connectivity index (χ0v) is 14.7. The van der Waals surface area contributed by atoms with Crippen LogP contribution < -0.4 is 10.1 Å². The monoisotopic (exact) mass is 355 g/mol. The van der Waals surface area contributed by atoms with Crippen LogP contribution in [0.5, 0.6) is 5.75 Å². The van der Waals surface area contributed by atoms with Crippen molar-refractivity contribution in [1.82, 2.24) is 0 Å². The van der Waals surface area contributed by atoms with E-state index < -0.39 is 23.6 Å². The molecule has 0 aromatic heterocycles. The Labute approximate surface area is 152 Å². The number of carbonyl (C=O) groups excluding carboxylic acids is 2. The molecule has 0 unspecified atom stereocenters. The molecule has 6 nitrogen and oxygen atoms in total. The Kier molecular flexibility index (Phi) is 5.11. The Bertz CT molecular complexity index is 768. The average molecular weight is 355 g/mol. The molecule has 2 aromatic carbocycles. The molecule has 1 aliphatic heterocycles. The smallest absolute Gasteiger partial charge is 0.325 e. The molecule has 0 radical (unpaired) electrons. The van der Waals surface area contributed by atoms with E-state index in [0.717, 1.165) is 11.3 Å². The van der Waals surface area contributed by atoms with Crippen LogP contribution >= 0.6 is 0 Å². The highest BCUT2D eigenvalue weighted by atomic mass is 16.7. The predicted octanol–water partition coefficient (Wildman–Crippen LogP) is 3.13. The van der Waals surface area contributed by atoms with Crippen molar-refractivity contribution >= 4 is 17.6 Å². The fourth-order valence-electron chi connectivity index (χ4n) is 2.57. The first-order chi connectivity index (χ1) is 12.4. The minimum Gasteiger partial charge on any atom is -0.489 e. The maximum absolute atomic E-state index is 12.0. The Morgan fingerprint density at radius 1 is 1.00 bits per heavy atom. The fraction of sp³-hybridized carbons (Fsp3) is 0.300. The number of esters is 2. The van der Waals surface area contributed by atoms with E-state index in [9.17, 15) is 9.59 Å². The molecule has 0 aliphatic carbocycles. The van der Waals surface area contributed by atoms with Crippen LogP contribution in [0.1, 0.15) is 19.4 Å². The molecule has 0 saturated carbocycles. The van der Waals surface area contributed by atoms with Crippen molar-refractivity contribution < 1.29 is 23.8 Å². The summed E-state index contributed by atoms with van der Waals surface area (Å²) in [6, 6.07) is 17.2. The minimum absolute atomic E-state index is 0.0931. The van der Waals surface area contributed by atoms with Crippen LogP contribution in [0.4, 0.5) is 5.69 Å². The number of rotatable bonds is 6. The standard InChI is InChI=1S/C20H21NO5/c1-20(2)25-18(22)17(19(23)26-20)12-21-15-9-6-10-16(11-15)24-13-14-7-4-3-5-8-14/h3-11,17,21H,12-13H2,1-2H3. The molecule has 26 heavy (non-hydrogen) atoms. The van der Waals surface area contributed by atoms with Crippen molar-refractivity contribution in [2.24, 2.45) is 5.92 Å². The van der Waals surface area contributed by atoms with Crippen molar-refractivity contribution in [3.63, 3.8) is 0 Å². The number of hydrogen-bond donors (Lipinski definition) is 1. The fourth-order valence-corrected chi connectivity index (χ4v) is 2.57. The normalized spacial score (nSPS) is 16.5. The summed E-state index contributed by atoms with van der Waals surface area (Å²) < 4.78 is 16.0. The van der Waals surface area contributed by atoms with Crippen LogP contribution in [0.2, 0.25) is 0 Å². The summed E-state index contributed by atoms with van der Waals surface area (Å²) in [6.07, 6.45) is 0. The van der Waals surface area contributed by atoms with Crippen LogP contribution in [0.25, 0.3) is 0 Å². The number of ether oxygens (including phenoxy) is 3. The molecule has 136 valence electrons. The van der Waals surface area contributed by atoms with Gasteiger partial charge in [0.25, 0.3) is 5.79 Å². The Hall–Kier alpha value is -3.02. The van der Waals surface area contributed by atoms with E-state index in [-0.39, 0.29) is 6.54 Å². The number of benzene rings is 2. The van der Waals surface area contributed by atoms with Crippen molar-refractivity contribution in [3.05, 3.63) is 60.2 Å². The second-order valence-electron chi connectivity index (χ2n) is 6.48. The molecular weight excluding hydrogens is 334 g/mol. The van der Waals surface area contributed by atoms with E-state index in [0.29, 0.717) is 12.4 Å². The van der Waals surface area contributed by atoms with E-state index in [4.69, 9.17) is 14.2 Å². The van der Waals surface area contributed by atoms with E-state index in [1.807, 2.05) is 54.6 Å². The lowest BCUT2D eigenvalue weighted by Gasteiger charge is -2.32. The maximum Gasteiger partial charge on any atom is 0.325 e. The summed E-state index contributed by atoms with van der Waals surface area (Å²) in [7, 11) is 0. The summed E-state index contributed by atoms with van der Waals surface area (Å²) in [4.78, 5) is 24.0. The molecular formula is C20H21NO5. The highest BCUT2D eigenvalue weighted by molar-refractivity contribution is 5.97. The quantitative estimate of drug-likeness (QED) is 0.634. The molecule has 0 bridgehead atoms. The second-order valence-corrected chi connectivity index (χ2v) is 6.48. The van der Waals surface area contributed by atoms with Gasteiger partial charge >= 0.3 is 11.9 Å². The zero-order chi connectivity index (χ0) is 18.6. The van der Waals surface area contributed by atoms with Gasteiger partial charge in [-0.3, -0.25) is 9.59 Å². The number of nitrogens with one attached hydrogen (secondary N) is 1. The lowest BCUT2D eigenvalue weighted by atomic mass is 10.1. The van der Waals surface area contributed by atoms with Crippen molar-refractivity contribution in [3.8, 4) is 5.75 Å². The molecule has 0 spiro atoms. The van der Waals surface area contributed by atoms with Gasteiger partial charge in [-0.1, -0.05) is 36.4 Å². The third-order valence-electron chi connectivity index (χ3n) is 3.85. The summed E-state index contributed by atoms with van der Waals surface area (Å²) in [5.41, 5.74) is 1.81. The zero-order valence-electron chi connectivity index (χ0n) is 14.7. The van der Waals surface area contributed by atoms with Crippen LogP contribution in [-0.2, 0) is 25.7 Å². The number of anilines is 1. The highest BCUT2D eigenvalue weighted by Crippen LogP contribution is 2.24. The van der Waals surface area contributed by atoms with Gasteiger partial charge in [0.1, 0.15) is 12.4 Å². The van der Waals surface area contributed by atoms with Crippen molar-refractivity contribution in [2.75, 3.05) is 11.9 Å². The van der Waals surface area contributed by atoms with Gasteiger partial charge in [0, 0.05) is 32.1 Å². The Morgan fingerprint density at radius 3 is 2.38 bits per heavy atom.